The zero-order chi connectivity index (χ0) is 23.3. The third-order valence-corrected chi connectivity index (χ3v) is 6.14. The second-order valence-electron chi connectivity index (χ2n) is 7.19. The van der Waals surface area contributed by atoms with Crippen LogP contribution in [0.3, 0.4) is 0 Å². The van der Waals surface area contributed by atoms with Crippen LogP contribution in [0.5, 0.6) is 5.75 Å². The Balaban J connectivity index is 1.45. The Bertz CT molecular complexity index is 1430. The molecular formula is C25H20N2O5S. The molecule has 33 heavy (non-hydrogen) atoms. The number of nitrogens with zero attached hydrogens (tertiary/aromatic N) is 1. The van der Waals surface area contributed by atoms with Gasteiger partial charge in [-0.1, -0.05) is 54.6 Å². The van der Waals surface area contributed by atoms with E-state index in [4.69, 9.17) is 9.84 Å². The van der Waals surface area contributed by atoms with Crippen LogP contribution in [0.2, 0.25) is 0 Å². The molecule has 8 heteroatoms. The maximum absolute atomic E-state index is 12.6. The molecule has 0 bridgehead atoms. The predicted octanol–water partition coefficient (Wildman–Crippen LogP) is 4.43. The number of para-hydroxylation sites is 1. The minimum absolute atomic E-state index is 0.118. The van der Waals surface area contributed by atoms with E-state index in [9.17, 15) is 13.2 Å². The first kappa shape index (κ1) is 22.0. The van der Waals surface area contributed by atoms with Gasteiger partial charge in [0.1, 0.15) is 12.4 Å². The summed E-state index contributed by atoms with van der Waals surface area (Å²) in [7, 11) is -3.84. The number of carbonyl (C=O) groups is 1. The molecular weight excluding hydrogens is 440 g/mol. The molecule has 0 amide bonds. The first-order chi connectivity index (χ1) is 15.9. The third-order valence-electron chi connectivity index (χ3n) is 4.92. The molecule has 2 N–H and O–H groups in total. The summed E-state index contributed by atoms with van der Waals surface area (Å²) in [5, 5.41) is 14.7. The highest BCUT2D eigenvalue weighted by Crippen LogP contribution is 2.20. The Hall–Kier alpha value is -4.17. The monoisotopic (exact) mass is 460 g/mol. The van der Waals surface area contributed by atoms with E-state index in [1.165, 1.54) is 24.4 Å². The van der Waals surface area contributed by atoms with Gasteiger partial charge in [0.2, 0.25) is 0 Å². The molecule has 0 aliphatic carbocycles. The quantitative estimate of drug-likeness (QED) is 0.299. The number of sulfonamides is 1. The van der Waals surface area contributed by atoms with Crippen molar-refractivity contribution >= 4 is 33.0 Å². The lowest BCUT2D eigenvalue weighted by Crippen LogP contribution is -2.18. The van der Waals surface area contributed by atoms with Gasteiger partial charge in [-0.25, -0.2) is 9.63 Å². The number of fused-ring (bicyclic) bond motifs is 1. The number of hydrogen-bond donors (Lipinski definition) is 2. The van der Waals surface area contributed by atoms with Crippen molar-refractivity contribution in [1.82, 2.24) is 4.83 Å². The normalized spacial score (nSPS) is 11.5. The molecule has 0 aromatic heterocycles. The van der Waals surface area contributed by atoms with Crippen LogP contribution in [0.25, 0.3) is 10.8 Å². The maximum atomic E-state index is 12.6. The molecule has 0 radical (unpaired) electrons. The molecule has 4 aromatic carbocycles. The molecule has 0 aliphatic heterocycles. The molecule has 0 spiro atoms. The Morgan fingerprint density at radius 3 is 2.36 bits per heavy atom. The van der Waals surface area contributed by atoms with E-state index >= 15 is 0 Å². The maximum Gasteiger partial charge on any atom is 0.335 e. The Labute approximate surface area is 191 Å². The standard InChI is InChI=1S/C25H20N2O5S/c28-25(29)20-11-9-18(10-12-20)17-32-24-8-4-3-7-22(24)16-26-27-33(30,31)23-14-13-19-5-1-2-6-21(19)15-23/h1-16,27H,17H2,(H,28,29)/b26-16+. The van der Waals surface area contributed by atoms with E-state index in [1.807, 2.05) is 24.3 Å². The highest BCUT2D eigenvalue weighted by Gasteiger charge is 2.13. The molecule has 0 saturated heterocycles. The number of ether oxygens (including phenoxy) is 1. The van der Waals surface area contributed by atoms with Gasteiger partial charge in [0.15, 0.2) is 0 Å². The number of hydrazone groups is 1. The van der Waals surface area contributed by atoms with Gasteiger partial charge in [0.05, 0.1) is 16.7 Å². The van der Waals surface area contributed by atoms with Gasteiger partial charge in [0.25, 0.3) is 10.0 Å². The second-order valence-corrected chi connectivity index (χ2v) is 8.85. The van der Waals surface area contributed by atoms with Crippen molar-refractivity contribution < 1.29 is 23.1 Å². The highest BCUT2D eigenvalue weighted by atomic mass is 32.2. The Morgan fingerprint density at radius 2 is 1.61 bits per heavy atom. The molecule has 0 aliphatic rings. The molecule has 7 nitrogen and oxygen atoms in total. The molecule has 0 fully saturated rings. The van der Waals surface area contributed by atoms with Crippen molar-refractivity contribution in [3.05, 3.63) is 108 Å². The van der Waals surface area contributed by atoms with Crippen molar-refractivity contribution in [1.29, 1.82) is 0 Å². The van der Waals surface area contributed by atoms with E-state index in [1.54, 1.807) is 48.5 Å². The van der Waals surface area contributed by atoms with Gasteiger partial charge >= 0.3 is 5.97 Å². The summed E-state index contributed by atoms with van der Waals surface area (Å²) in [6, 6.07) is 25.8. The second kappa shape index (κ2) is 9.54. The molecule has 0 atom stereocenters. The van der Waals surface area contributed by atoms with Gasteiger partial charge in [-0.2, -0.15) is 13.5 Å². The van der Waals surface area contributed by atoms with Crippen LogP contribution in [0.15, 0.2) is 101 Å². The molecule has 0 unspecified atom stereocenters. The number of carboxylic acids is 1. The Kier molecular flexibility index (Phi) is 6.37. The fourth-order valence-electron chi connectivity index (χ4n) is 3.18. The van der Waals surface area contributed by atoms with Gasteiger partial charge in [0, 0.05) is 5.56 Å². The van der Waals surface area contributed by atoms with Crippen molar-refractivity contribution in [2.45, 2.75) is 11.5 Å². The first-order valence-corrected chi connectivity index (χ1v) is 11.5. The minimum Gasteiger partial charge on any atom is -0.488 e. The van der Waals surface area contributed by atoms with E-state index in [0.29, 0.717) is 11.3 Å². The van der Waals surface area contributed by atoms with Crippen LogP contribution in [0.4, 0.5) is 0 Å². The number of benzene rings is 4. The van der Waals surface area contributed by atoms with Gasteiger partial charge in [-0.05, 0) is 52.7 Å². The summed E-state index contributed by atoms with van der Waals surface area (Å²) in [4.78, 5) is 13.3. The van der Waals surface area contributed by atoms with Crippen molar-refractivity contribution in [2.24, 2.45) is 5.10 Å². The number of nitrogens with one attached hydrogen (secondary N) is 1. The summed E-state index contributed by atoms with van der Waals surface area (Å²) in [5.74, 6) is -0.483. The lowest BCUT2D eigenvalue weighted by atomic mass is 10.1. The molecule has 4 aromatic rings. The topological polar surface area (TPSA) is 105 Å². The van der Waals surface area contributed by atoms with E-state index in [0.717, 1.165) is 16.3 Å². The lowest BCUT2D eigenvalue weighted by molar-refractivity contribution is 0.0697. The average molecular weight is 461 g/mol. The summed E-state index contributed by atoms with van der Waals surface area (Å²) >= 11 is 0. The third kappa shape index (κ3) is 5.36. The largest absolute Gasteiger partial charge is 0.488 e. The smallest absolute Gasteiger partial charge is 0.335 e. The van der Waals surface area contributed by atoms with Crippen molar-refractivity contribution in [3.63, 3.8) is 0 Å². The SMILES string of the molecule is O=C(O)c1ccc(COc2ccccc2/C=N/NS(=O)(=O)c2ccc3ccccc3c2)cc1. The number of carboxylic acid groups (broad SMARTS) is 1. The fraction of sp³-hybridized carbons (Fsp3) is 0.0400. The lowest BCUT2D eigenvalue weighted by Gasteiger charge is -2.09. The summed E-state index contributed by atoms with van der Waals surface area (Å²) in [5.41, 5.74) is 1.58. The molecule has 166 valence electrons. The van der Waals surface area contributed by atoms with Crippen molar-refractivity contribution in [3.8, 4) is 5.75 Å². The van der Waals surface area contributed by atoms with Crippen LogP contribution in [0.1, 0.15) is 21.5 Å². The van der Waals surface area contributed by atoms with E-state index < -0.39 is 16.0 Å². The van der Waals surface area contributed by atoms with Gasteiger partial charge < -0.3 is 9.84 Å². The number of aromatic carboxylic acids is 1. The Morgan fingerprint density at radius 1 is 0.909 bits per heavy atom. The van der Waals surface area contributed by atoms with Crippen LogP contribution >= 0.6 is 0 Å². The number of hydrogen-bond acceptors (Lipinski definition) is 5. The van der Waals surface area contributed by atoms with Gasteiger partial charge in [-0.3, -0.25) is 0 Å². The van der Waals surface area contributed by atoms with Gasteiger partial charge in [-0.15, -0.1) is 0 Å². The summed E-state index contributed by atoms with van der Waals surface area (Å²) in [6.07, 6.45) is 1.38. The molecule has 4 rings (SSSR count). The van der Waals surface area contributed by atoms with Crippen LogP contribution in [-0.4, -0.2) is 25.7 Å². The fourth-order valence-corrected chi connectivity index (χ4v) is 4.00. The molecule has 0 saturated carbocycles. The number of rotatable bonds is 8. The van der Waals surface area contributed by atoms with Crippen molar-refractivity contribution in [2.75, 3.05) is 0 Å². The molecule has 0 heterocycles. The summed E-state index contributed by atoms with van der Waals surface area (Å²) in [6.45, 7) is 0.216. The predicted molar refractivity (Wildman–Crippen MR) is 126 cm³/mol. The zero-order valence-corrected chi connectivity index (χ0v) is 18.2. The van der Waals surface area contributed by atoms with E-state index in [2.05, 4.69) is 9.93 Å². The average Bonchev–Trinajstić information content (AvgIpc) is 2.83. The van der Waals surface area contributed by atoms with Crippen LogP contribution in [0, 0.1) is 0 Å². The zero-order valence-electron chi connectivity index (χ0n) is 17.4. The van der Waals surface area contributed by atoms with E-state index in [-0.39, 0.29) is 17.1 Å². The first-order valence-electron chi connectivity index (χ1n) is 10.0. The summed E-state index contributed by atoms with van der Waals surface area (Å²) < 4.78 is 31.1. The minimum atomic E-state index is -3.84. The van der Waals surface area contributed by atoms with Crippen LogP contribution < -0.4 is 9.57 Å². The van der Waals surface area contributed by atoms with Crippen LogP contribution in [-0.2, 0) is 16.6 Å². The highest BCUT2D eigenvalue weighted by molar-refractivity contribution is 7.89.